The van der Waals surface area contributed by atoms with Gasteiger partial charge in [0.25, 0.3) is 0 Å². The summed E-state index contributed by atoms with van der Waals surface area (Å²) < 4.78 is 17.5. The fourth-order valence-corrected chi connectivity index (χ4v) is 1.21. The number of hydrogen-bond acceptors (Lipinski definition) is 4. The predicted octanol–water partition coefficient (Wildman–Crippen LogP) is 2.05. The number of aromatic nitrogens is 3. The summed E-state index contributed by atoms with van der Waals surface area (Å²) in [6.45, 7) is 0. The topological polar surface area (TPSA) is 51.8 Å². The molecule has 0 aromatic carbocycles. The van der Waals surface area contributed by atoms with Crippen LogP contribution in [0.5, 0.6) is 0 Å². The smallest absolute Gasteiger partial charge is 0.228 e. The molecule has 0 N–H and O–H groups in total. The molecule has 6 heteroatoms. The highest BCUT2D eigenvalue weighted by atomic mass is 35.5. The van der Waals surface area contributed by atoms with Gasteiger partial charge in [0.05, 0.1) is 6.20 Å². The first-order chi connectivity index (χ1) is 7.29. The van der Waals surface area contributed by atoms with Gasteiger partial charge in [0.2, 0.25) is 11.7 Å². The van der Waals surface area contributed by atoms with Crippen molar-refractivity contribution >= 4 is 11.6 Å². The molecule has 78 valence electrons. The fraction of sp³-hybridized carbons (Fsp3) is 0.222. The average molecular weight is 228 g/mol. The molecule has 0 bridgehead atoms. The minimum atomic E-state index is -0.400. The number of hydrogen-bond donors (Lipinski definition) is 0. The number of halogens is 2. The minimum Gasteiger partial charge on any atom is -0.339 e. The highest BCUT2D eigenvalue weighted by Crippen LogP contribution is 2.13. The molecule has 0 aliphatic carbocycles. The highest BCUT2D eigenvalue weighted by molar-refractivity contribution is 6.17. The Morgan fingerprint density at radius 2 is 2.27 bits per heavy atom. The Bertz CT molecular complexity index is 443. The lowest BCUT2D eigenvalue weighted by Gasteiger charge is -1.91. The van der Waals surface area contributed by atoms with Gasteiger partial charge in [-0.25, -0.2) is 9.37 Å². The summed E-state index contributed by atoms with van der Waals surface area (Å²) in [6.07, 6.45) is 1.61. The molecule has 0 aliphatic heterocycles. The maximum absolute atomic E-state index is 12.6. The van der Waals surface area contributed by atoms with E-state index in [1.807, 2.05) is 0 Å². The van der Waals surface area contributed by atoms with Gasteiger partial charge in [-0.05, 0) is 12.1 Å². The Hall–Kier alpha value is -1.49. The van der Waals surface area contributed by atoms with Gasteiger partial charge in [-0.2, -0.15) is 4.98 Å². The molecule has 0 radical (unpaired) electrons. The zero-order valence-corrected chi connectivity index (χ0v) is 8.41. The maximum Gasteiger partial charge on any atom is 0.228 e. The lowest BCUT2D eigenvalue weighted by molar-refractivity contribution is 0.383. The van der Waals surface area contributed by atoms with Crippen LogP contribution >= 0.6 is 11.6 Å². The molecule has 2 rings (SSSR count). The third-order valence-electron chi connectivity index (χ3n) is 1.73. The van der Waals surface area contributed by atoms with E-state index in [9.17, 15) is 4.39 Å². The monoisotopic (exact) mass is 227 g/mol. The predicted molar refractivity (Wildman–Crippen MR) is 51.9 cm³/mol. The number of pyridine rings is 1. The van der Waals surface area contributed by atoms with Crippen molar-refractivity contribution in [3.05, 3.63) is 30.0 Å². The van der Waals surface area contributed by atoms with Gasteiger partial charge in [-0.15, -0.1) is 11.6 Å². The van der Waals surface area contributed by atoms with E-state index in [-0.39, 0.29) is 0 Å². The van der Waals surface area contributed by atoms with Gasteiger partial charge >= 0.3 is 0 Å². The number of aryl methyl sites for hydroxylation is 1. The summed E-state index contributed by atoms with van der Waals surface area (Å²) in [7, 11) is 0. The molecule has 2 heterocycles. The summed E-state index contributed by atoms with van der Waals surface area (Å²) >= 11 is 5.52. The summed E-state index contributed by atoms with van der Waals surface area (Å²) in [5.74, 6) is 0.808. The Morgan fingerprint density at radius 1 is 1.40 bits per heavy atom. The van der Waals surface area contributed by atoms with E-state index < -0.39 is 5.82 Å². The maximum atomic E-state index is 12.6. The third kappa shape index (κ3) is 2.30. The van der Waals surface area contributed by atoms with E-state index in [0.29, 0.717) is 29.7 Å². The van der Waals surface area contributed by atoms with Crippen molar-refractivity contribution in [2.75, 3.05) is 5.88 Å². The van der Waals surface area contributed by atoms with Crippen LogP contribution in [0.15, 0.2) is 22.9 Å². The average Bonchev–Trinajstić information content (AvgIpc) is 2.68. The van der Waals surface area contributed by atoms with E-state index in [1.54, 1.807) is 0 Å². The molecule has 0 atom stereocenters. The van der Waals surface area contributed by atoms with Crippen molar-refractivity contribution in [1.82, 2.24) is 15.1 Å². The van der Waals surface area contributed by atoms with Crippen LogP contribution in [-0.2, 0) is 6.42 Å². The Labute approximate surface area is 90.1 Å². The van der Waals surface area contributed by atoms with Crippen molar-refractivity contribution in [3.8, 4) is 11.5 Å². The normalized spacial score (nSPS) is 10.5. The summed E-state index contributed by atoms with van der Waals surface area (Å²) in [5, 5.41) is 3.71. The highest BCUT2D eigenvalue weighted by Gasteiger charge is 2.08. The summed E-state index contributed by atoms with van der Waals surface area (Å²) in [4.78, 5) is 7.88. The van der Waals surface area contributed by atoms with Crippen LogP contribution in [0.1, 0.15) is 5.89 Å². The molecule has 0 spiro atoms. The van der Waals surface area contributed by atoms with Gasteiger partial charge in [-0.1, -0.05) is 5.16 Å². The van der Waals surface area contributed by atoms with E-state index in [2.05, 4.69) is 15.1 Å². The van der Waals surface area contributed by atoms with Crippen molar-refractivity contribution in [1.29, 1.82) is 0 Å². The second kappa shape index (κ2) is 4.35. The first-order valence-electron chi connectivity index (χ1n) is 4.30. The standard InChI is InChI=1S/C9H7ClFN3O/c10-4-3-8-13-9(14-15-8)7-2-1-6(11)5-12-7/h1-2,5H,3-4H2. The fourth-order valence-electron chi connectivity index (χ4n) is 1.05. The van der Waals surface area contributed by atoms with Gasteiger partial charge in [0.15, 0.2) is 0 Å². The molecule has 4 nitrogen and oxygen atoms in total. The van der Waals surface area contributed by atoms with Crippen LogP contribution in [0.25, 0.3) is 11.5 Å². The van der Waals surface area contributed by atoms with Crippen LogP contribution in [-0.4, -0.2) is 21.0 Å². The zero-order valence-electron chi connectivity index (χ0n) is 7.65. The van der Waals surface area contributed by atoms with Gasteiger partial charge < -0.3 is 4.52 Å². The van der Waals surface area contributed by atoms with Crippen LogP contribution in [0.4, 0.5) is 4.39 Å². The van der Waals surface area contributed by atoms with Crippen LogP contribution in [0, 0.1) is 5.82 Å². The lowest BCUT2D eigenvalue weighted by Crippen LogP contribution is -1.88. The van der Waals surface area contributed by atoms with Crippen molar-refractivity contribution in [3.63, 3.8) is 0 Å². The Morgan fingerprint density at radius 3 is 2.93 bits per heavy atom. The molecule has 0 amide bonds. The Balaban J connectivity index is 2.25. The first-order valence-corrected chi connectivity index (χ1v) is 4.83. The van der Waals surface area contributed by atoms with Gasteiger partial charge in [0, 0.05) is 12.3 Å². The first kappa shape index (κ1) is 10.0. The second-order valence-electron chi connectivity index (χ2n) is 2.81. The van der Waals surface area contributed by atoms with E-state index in [0.717, 1.165) is 6.20 Å². The lowest BCUT2D eigenvalue weighted by atomic mass is 10.3. The number of nitrogens with zero attached hydrogens (tertiary/aromatic N) is 3. The zero-order chi connectivity index (χ0) is 10.7. The number of rotatable bonds is 3. The SMILES string of the molecule is Fc1ccc(-c2noc(CCCl)n2)nc1. The minimum absolute atomic E-state index is 0.343. The molecule has 0 unspecified atom stereocenters. The summed E-state index contributed by atoms with van der Waals surface area (Å²) in [5.41, 5.74) is 0.473. The molecule has 2 aromatic heterocycles. The third-order valence-corrected chi connectivity index (χ3v) is 1.92. The van der Waals surface area contributed by atoms with E-state index in [1.165, 1.54) is 12.1 Å². The number of alkyl halides is 1. The molecule has 0 saturated carbocycles. The van der Waals surface area contributed by atoms with Crippen molar-refractivity contribution in [2.45, 2.75) is 6.42 Å². The largest absolute Gasteiger partial charge is 0.339 e. The molecule has 0 saturated heterocycles. The molecule has 0 fully saturated rings. The quantitative estimate of drug-likeness (QED) is 0.753. The molecule has 2 aromatic rings. The van der Waals surface area contributed by atoms with Crippen molar-refractivity contribution < 1.29 is 8.91 Å². The Kier molecular flexibility index (Phi) is 2.91. The summed E-state index contributed by atoms with van der Waals surface area (Å²) in [6, 6.07) is 2.78. The van der Waals surface area contributed by atoms with E-state index in [4.69, 9.17) is 16.1 Å². The van der Waals surface area contributed by atoms with Crippen molar-refractivity contribution in [2.24, 2.45) is 0 Å². The molecular weight excluding hydrogens is 221 g/mol. The van der Waals surface area contributed by atoms with Crippen LogP contribution < -0.4 is 0 Å². The molecule has 15 heavy (non-hydrogen) atoms. The van der Waals surface area contributed by atoms with Crippen LogP contribution in [0.2, 0.25) is 0 Å². The van der Waals surface area contributed by atoms with Gasteiger partial charge in [-0.3, -0.25) is 0 Å². The molecule has 0 aliphatic rings. The van der Waals surface area contributed by atoms with Gasteiger partial charge in [0.1, 0.15) is 11.5 Å². The van der Waals surface area contributed by atoms with E-state index >= 15 is 0 Å². The molecular formula is C9H7ClFN3O. The second-order valence-corrected chi connectivity index (χ2v) is 3.19. The van der Waals surface area contributed by atoms with Crippen LogP contribution in [0.3, 0.4) is 0 Å².